The van der Waals surface area contributed by atoms with E-state index in [-0.39, 0.29) is 5.82 Å². The molecular weight excluding hydrogens is 287 g/mol. The van der Waals surface area contributed by atoms with Crippen molar-refractivity contribution in [3.63, 3.8) is 0 Å². The second-order valence-corrected chi connectivity index (χ2v) is 6.97. The van der Waals surface area contributed by atoms with Gasteiger partial charge in [-0.1, -0.05) is 19.3 Å². The number of halogens is 1. The smallest absolute Gasteiger partial charge is 0.123 e. The molecule has 3 rings (SSSR count). The molecule has 5 heteroatoms. The lowest BCUT2D eigenvalue weighted by Crippen LogP contribution is -2.13. The largest absolute Gasteiger partial charge is 0.269 e. The zero-order chi connectivity index (χ0) is 14.7. The van der Waals surface area contributed by atoms with Gasteiger partial charge in [-0.3, -0.25) is 8.89 Å². The molecular formula is C16H19FN2OS. The van der Waals surface area contributed by atoms with Crippen LogP contribution in [0.3, 0.4) is 0 Å². The van der Waals surface area contributed by atoms with Gasteiger partial charge in [0, 0.05) is 11.1 Å². The summed E-state index contributed by atoms with van der Waals surface area (Å²) in [5, 5.41) is 4.57. The van der Waals surface area contributed by atoms with Gasteiger partial charge in [0.1, 0.15) is 5.82 Å². The van der Waals surface area contributed by atoms with Crippen LogP contribution in [0, 0.1) is 5.82 Å². The standard InChI is InChI=1S/C16H19FN2OS/c17-13-6-8-16(9-7-13)21(20)12-14-10-11-19(18-14)15-4-2-1-3-5-15/h6-11,15H,1-5,12H2. The predicted molar refractivity (Wildman–Crippen MR) is 80.9 cm³/mol. The highest BCUT2D eigenvalue weighted by Crippen LogP contribution is 2.27. The molecule has 1 aliphatic rings. The second-order valence-electron chi connectivity index (χ2n) is 5.52. The van der Waals surface area contributed by atoms with Crippen LogP contribution in [0.15, 0.2) is 41.4 Å². The summed E-state index contributed by atoms with van der Waals surface area (Å²) in [4.78, 5) is 0.642. The SMILES string of the molecule is O=S(Cc1ccn(C2CCCCC2)n1)c1ccc(F)cc1. The van der Waals surface area contributed by atoms with Crippen LogP contribution in [0.5, 0.6) is 0 Å². The van der Waals surface area contributed by atoms with E-state index in [0.29, 0.717) is 16.7 Å². The number of hydrogen-bond acceptors (Lipinski definition) is 2. The van der Waals surface area contributed by atoms with E-state index < -0.39 is 10.8 Å². The first kappa shape index (κ1) is 14.4. The minimum absolute atomic E-state index is 0.308. The minimum atomic E-state index is -1.18. The normalized spacial score (nSPS) is 17.8. The molecule has 1 aromatic carbocycles. The molecule has 1 aliphatic carbocycles. The van der Waals surface area contributed by atoms with Gasteiger partial charge < -0.3 is 0 Å². The lowest BCUT2D eigenvalue weighted by molar-refractivity contribution is 0.328. The highest BCUT2D eigenvalue weighted by Gasteiger charge is 2.16. The average molecular weight is 306 g/mol. The van der Waals surface area contributed by atoms with E-state index in [1.165, 1.54) is 44.2 Å². The molecule has 0 spiro atoms. The Hall–Kier alpha value is -1.49. The number of hydrogen-bond donors (Lipinski definition) is 0. The van der Waals surface area contributed by atoms with Crippen LogP contribution in [-0.2, 0) is 16.6 Å². The third-order valence-electron chi connectivity index (χ3n) is 3.97. The lowest BCUT2D eigenvalue weighted by Gasteiger charge is -2.21. The Bertz CT molecular complexity index is 617. The van der Waals surface area contributed by atoms with E-state index in [1.54, 1.807) is 12.1 Å². The van der Waals surface area contributed by atoms with Crippen LogP contribution < -0.4 is 0 Å². The summed E-state index contributed by atoms with van der Waals surface area (Å²) in [7, 11) is -1.18. The Labute approximate surface area is 126 Å². The van der Waals surface area contributed by atoms with E-state index in [4.69, 9.17) is 0 Å². The number of benzene rings is 1. The van der Waals surface area contributed by atoms with Crippen molar-refractivity contribution in [3.05, 3.63) is 48.0 Å². The van der Waals surface area contributed by atoms with E-state index in [0.717, 1.165) is 5.69 Å². The van der Waals surface area contributed by atoms with Crippen LogP contribution in [0.1, 0.15) is 43.8 Å². The van der Waals surface area contributed by atoms with E-state index in [9.17, 15) is 8.60 Å². The fourth-order valence-electron chi connectivity index (χ4n) is 2.81. The van der Waals surface area contributed by atoms with Crippen LogP contribution in [0.4, 0.5) is 4.39 Å². The van der Waals surface area contributed by atoms with Crippen molar-refractivity contribution in [2.24, 2.45) is 0 Å². The van der Waals surface area contributed by atoms with Crippen LogP contribution in [0.2, 0.25) is 0 Å². The Balaban J connectivity index is 1.66. The topological polar surface area (TPSA) is 34.9 Å². The molecule has 1 fully saturated rings. The van der Waals surface area contributed by atoms with Crippen LogP contribution in [-0.4, -0.2) is 14.0 Å². The Morgan fingerprint density at radius 1 is 1.14 bits per heavy atom. The van der Waals surface area contributed by atoms with Gasteiger partial charge in [0.15, 0.2) is 0 Å². The van der Waals surface area contributed by atoms with Crippen molar-refractivity contribution < 1.29 is 8.60 Å². The summed E-state index contributed by atoms with van der Waals surface area (Å²) >= 11 is 0. The van der Waals surface area contributed by atoms with Gasteiger partial charge in [0.25, 0.3) is 0 Å². The summed E-state index contributed by atoms with van der Waals surface area (Å²) in [6.45, 7) is 0. The van der Waals surface area contributed by atoms with Gasteiger partial charge in [-0.25, -0.2) is 4.39 Å². The van der Waals surface area contributed by atoms with Crippen LogP contribution >= 0.6 is 0 Å². The molecule has 0 N–H and O–H groups in total. The van der Waals surface area contributed by atoms with Crippen molar-refractivity contribution in [1.29, 1.82) is 0 Å². The molecule has 0 saturated heterocycles. The molecule has 1 saturated carbocycles. The van der Waals surface area contributed by atoms with E-state index in [1.807, 2.05) is 16.9 Å². The van der Waals surface area contributed by atoms with Gasteiger partial charge in [0.2, 0.25) is 0 Å². The Morgan fingerprint density at radius 3 is 2.57 bits per heavy atom. The number of rotatable bonds is 4. The fourth-order valence-corrected chi connectivity index (χ4v) is 3.84. The average Bonchev–Trinajstić information content (AvgIpc) is 2.97. The van der Waals surface area contributed by atoms with Crippen molar-refractivity contribution >= 4 is 10.8 Å². The fraction of sp³-hybridized carbons (Fsp3) is 0.438. The summed E-state index contributed by atoms with van der Waals surface area (Å²) in [5.74, 6) is 0.0723. The summed E-state index contributed by atoms with van der Waals surface area (Å²) in [5.41, 5.74) is 0.836. The zero-order valence-corrected chi connectivity index (χ0v) is 12.7. The summed E-state index contributed by atoms with van der Waals surface area (Å²) in [6.07, 6.45) is 8.21. The second kappa shape index (κ2) is 6.52. The third-order valence-corrected chi connectivity index (χ3v) is 5.32. The van der Waals surface area contributed by atoms with Gasteiger partial charge in [-0.2, -0.15) is 5.10 Å². The molecule has 0 aliphatic heterocycles. The van der Waals surface area contributed by atoms with Crippen molar-refractivity contribution in [3.8, 4) is 0 Å². The first-order valence-electron chi connectivity index (χ1n) is 7.40. The summed E-state index contributed by atoms with van der Waals surface area (Å²) < 4.78 is 27.1. The molecule has 2 aromatic rings. The number of nitrogens with zero attached hydrogens (tertiary/aromatic N) is 2. The molecule has 3 nitrogen and oxygen atoms in total. The molecule has 21 heavy (non-hydrogen) atoms. The molecule has 0 bridgehead atoms. The van der Waals surface area contributed by atoms with Gasteiger partial charge in [0.05, 0.1) is 28.3 Å². The molecule has 112 valence electrons. The molecule has 1 heterocycles. The molecule has 1 aromatic heterocycles. The first-order chi connectivity index (χ1) is 10.2. The predicted octanol–water partition coefficient (Wildman–Crippen LogP) is 3.84. The maximum Gasteiger partial charge on any atom is 0.123 e. The quantitative estimate of drug-likeness (QED) is 0.860. The zero-order valence-electron chi connectivity index (χ0n) is 11.9. The highest BCUT2D eigenvalue weighted by atomic mass is 32.2. The van der Waals surface area contributed by atoms with Crippen molar-refractivity contribution in [1.82, 2.24) is 9.78 Å². The van der Waals surface area contributed by atoms with E-state index in [2.05, 4.69) is 5.10 Å². The molecule has 1 unspecified atom stereocenters. The van der Waals surface area contributed by atoms with Gasteiger partial charge in [-0.15, -0.1) is 0 Å². The van der Waals surface area contributed by atoms with Crippen molar-refractivity contribution in [2.45, 2.75) is 48.8 Å². The minimum Gasteiger partial charge on any atom is -0.269 e. The lowest BCUT2D eigenvalue weighted by atomic mass is 9.96. The summed E-state index contributed by atoms with van der Waals surface area (Å²) in [6, 6.07) is 8.26. The highest BCUT2D eigenvalue weighted by molar-refractivity contribution is 7.84. The van der Waals surface area contributed by atoms with Crippen LogP contribution in [0.25, 0.3) is 0 Å². The molecule has 0 amide bonds. The maximum atomic E-state index is 12.9. The first-order valence-corrected chi connectivity index (χ1v) is 8.72. The molecule has 1 atom stereocenters. The Kier molecular flexibility index (Phi) is 4.48. The van der Waals surface area contributed by atoms with Gasteiger partial charge in [-0.05, 0) is 43.2 Å². The monoisotopic (exact) mass is 306 g/mol. The molecule has 0 radical (unpaired) electrons. The maximum absolute atomic E-state index is 12.9. The number of aromatic nitrogens is 2. The van der Waals surface area contributed by atoms with Gasteiger partial charge >= 0.3 is 0 Å². The Morgan fingerprint density at radius 2 is 1.86 bits per heavy atom. The van der Waals surface area contributed by atoms with Crippen molar-refractivity contribution in [2.75, 3.05) is 0 Å². The third kappa shape index (κ3) is 3.59. The van der Waals surface area contributed by atoms with E-state index >= 15 is 0 Å².